The van der Waals surface area contributed by atoms with Crippen molar-refractivity contribution >= 4 is 51.8 Å². The van der Waals surface area contributed by atoms with Gasteiger partial charge in [0.15, 0.2) is 0 Å². The van der Waals surface area contributed by atoms with Crippen molar-refractivity contribution in [3.63, 3.8) is 0 Å². The van der Waals surface area contributed by atoms with Crippen molar-refractivity contribution in [2.45, 2.75) is 13.3 Å². The third-order valence-electron chi connectivity index (χ3n) is 6.62. The van der Waals surface area contributed by atoms with E-state index < -0.39 is 0 Å². The first kappa shape index (κ1) is 26.9. The number of thiocarbonyl (C=S) groups is 1. The van der Waals surface area contributed by atoms with E-state index in [-0.39, 0.29) is 22.8 Å². The number of carbonyl (C=O) groups is 1. The molecule has 3 heterocycles. The molecule has 194 valence electrons. The quantitative estimate of drug-likeness (QED) is 0.300. The Balaban J connectivity index is 1.68. The number of thioether (sulfide) groups is 1. The number of anilines is 2. The van der Waals surface area contributed by atoms with E-state index in [1.165, 1.54) is 28.5 Å². The van der Waals surface area contributed by atoms with Crippen LogP contribution in [0.2, 0.25) is 0 Å². The largest absolute Gasteiger partial charge is 0.385 e. The number of aromatic nitrogens is 1. The summed E-state index contributed by atoms with van der Waals surface area (Å²) < 4.78 is 20.4. The number of nitriles is 1. The summed E-state index contributed by atoms with van der Waals surface area (Å²) in [6.07, 6.45) is 2.42. The number of amides is 1. The van der Waals surface area contributed by atoms with Crippen LogP contribution in [-0.2, 0) is 16.6 Å². The lowest BCUT2D eigenvalue weighted by atomic mass is 10.0. The van der Waals surface area contributed by atoms with Crippen molar-refractivity contribution in [1.82, 2.24) is 9.47 Å². The first-order chi connectivity index (χ1) is 17.8. The summed E-state index contributed by atoms with van der Waals surface area (Å²) in [5.74, 6) is 0.189. The van der Waals surface area contributed by atoms with E-state index in [4.69, 9.17) is 17.0 Å². The molecule has 1 aromatic heterocycles. The molecule has 4 rings (SSSR count). The van der Waals surface area contributed by atoms with Gasteiger partial charge in [-0.1, -0.05) is 24.0 Å². The molecule has 0 spiro atoms. The van der Waals surface area contributed by atoms with Crippen molar-refractivity contribution in [1.29, 1.82) is 5.26 Å². The normalized spacial score (nSPS) is 17.2. The molecule has 0 radical (unpaired) electrons. The van der Waals surface area contributed by atoms with Gasteiger partial charge in [0.1, 0.15) is 27.6 Å². The Labute approximate surface area is 224 Å². The van der Waals surface area contributed by atoms with Crippen LogP contribution in [0.4, 0.5) is 15.9 Å². The number of carbonyl (C=O) groups excluding carboxylic acids is 1. The van der Waals surface area contributed by atoms with Crippen molar-refractivity contribution in [2.75, 3.05) is 56.2 Å². The number of halogens is 1. The van der Waals surface area contributed by atoms with Gasteiger partial charge in [-0.2, -0.15) is 5.26 Å². The maximum atomic E-state index is 13.4. The Morgan fingerprint density at radius 1 is 1.16 bits per heavy atom. The van der Waals surface area contributed by atoms with Crippen LogP contribution in [-0.4, -0.2) is 66.1 Å². The monoisotopic (exact) mass is 541 g/mol. The molecule has 0 aliphatic carbocycles. The molecule has 2 aromatic rings. The Bertz CT molecular complexity index is 1340. The molecule has 11 heteroatoms. The summed E-state index contributed by atoms with van der Waals surface area (Å²) in [6, 6.07) is 8.43. The van der Waals surface area contributed by atoms with Crippen molar-refractivity contribution in [3.05, 3.63) is 62.0 Å². The second-order valence-corrected chi connectivity index (χ2v) is 10.5. The molecule has 37 heavy (non-hydrogen) atoms. The lowest BCUT2D eigenvalue weighted by Crippen LogP contribution is -2.48. The number of pyridine rings is 1. The van der Waals surface area contributed by atoms with Gasteiger partial charge in [-0.05, 0) is 49.2 Å². The molecule has 0 bridgehead atoms. The zero-order valence-electron chi connectivity index (χ0n) is 21.0. The van der Waals surface area contributed by atoms with Crippen molar-refractivity contribution in [2.24, 2.45) is 7.05 Å². The van der Waals surface area contributed by atoms with Crippen molar-refractivity contribution in [3.8, 4) is 6.07 Å². The fourth-order valence-electron chi connectivity index (χ4n) is 4.61. The minimum atomic E-state index is -0.375. The summed E-state index contributed by atoms with van der Waals surface area (Å²) >= 11 is 6.67. The summed E-state index contributed by atoms with van der Waals surface area (Å²) in [4.78, 5) is 32.5. The van der Waals surface area contributed by atoms with Gasteiger partial charge in [0.25, 0.3) is 11.5 Å². The van der Waals surface area contributed by atoms with Gasteiger partial charge >= 0.3 is 0 Å². The Morgan fingerprint density at radius 3 is 2.43 bits per heavy atom. The highest BCUT2D eigenvalue weighted by Crippen LogP contribution is 2.36. The molecule has 1 amide bonds. The van der Waals surface area contributed by atoms with E-state index in [1.54, 1.807) is 44.2 Å². The highest BCUT2D eigenvalue weighted by atomic mass is 32.2. The highest BCUT2D eigenvalue weighted by Gasteiger charge is 2.33. The Morgan fingerprint density at radius 2 is 1.81 bits per heavy atom. The maximum absolute atomic E-state index is 13.4. The summed E-state index contributed by atoms with van der Waals surface area (Å²) in [5.41, 5.74) is 1.80. The van der Waals surface area contributed by atoms with Crippen LogP contribution in [0.3, 0.4) is 0 Å². The third-order valence-corrected chi connectivity index (χ3v) is 8.00. The van der Waals surface area contributed by atoms with E-state index >= 15 is 0 Å². The van der Waals surface area contributed by atoms with Crippen LogP contribution in [0.15, 0.2) is 34.0 Å². The summed E-state index contributed by atoms with van der Waals surface area (Å²) in [5, 5.41) is 9.70. The third kappa shape index (κ3) is 5.42. The molecule has 8 nitrogen and oxygen atoms in total. The van der Waals surface area contributed by atoms with Crippen LogP contribution in [0, 0.1) is 24.1 Å². The van der Waals surface area contributed by atoms with E-state index in [9.17, 15) is 19.2 Å². The van der Waals surface area contributed by atoms with E-state index in [2.05, 4.69) is 9.80 Å². The topological polar surface area (TPSA) is 81.8 Å². The van der Waals surface area contributed by atoms with Gasteiger partial charge in [0.05, 0.1) is 4.91 Å². The molecule has 2 fully saturated rings. The van der Waals surface area contributed by atoms with Crippen LogP contribution in [0.25, 0.3) is 6.08 Å². The predicted octanol–water partition coefficient (Wildman–Crippen LogP) is 3.27. The van der Waals surface area contributed by atoms with E-state index in [0.29, 0.717) is 71.9 Å². The lowest BCUT2D eigenvalue weighted by Gasteiger charge is -2.38. The number of ether oxygens (including phenoxy) is 1. The van der Waals surface area contributed by atoms with Gasteiger partial charge in [0, 0.05) is 64.7 Å². The molecule has 0 N–H and O–H groups in total. The average Bonchev–Trinajstić information content (AvgIpc) is 3.16. The first-order valence-corrected chi connectivity index (χ1v) is 13.1. The number of piperazine rings is 1. The van der Waals surface area contributed by atoms with Crippen LogP contribution in [0.1, 0.15) is 23.1 Å². The minimum Gasteiger partial charge on any atom is -0.385 e. The van der Waals surface area contributed by atoms with Gasteiger partial charge in [-0.3, -0.25) is 19.1 Å². The molecule has 1 aromatic carbocycles. The van der Waals surface area contributed by atoms with E-state index in [1.807, 2.05) is 6.07 Å². The van der Waals surface area contributed by atoms with Gasteiger partial charge < -0.3 is 14.5 Å². The Kier molecular flexibility index (Phi) is 8.32. The highest BCUT2D eigenvalue weighted by molar-refractivity contribution is 8.26. The summed E-state index contributed by atoms with van der Waals surface area (Å²) in [7, 11) is 3.26. The number of methoxy groups -OCH3 is 1. The fourth-order valence-corrected chi connectivity index (χ4v) is 5.90. The Hall–Kier alpha value is -3.20. The fraction of sp³-hybridized carbons (Fsp3) is 0.385. The van der Waals surface area contributed by atoms with Gasteiger partial charge in [-0.25, -0.2) is 4.39 Å². The smallest absolute Gasteiger partial charge is 0.270 e. The lowest BCUT2D eigenvalue weighted by molar-refractivity contribution is -0.122. The number of hydrogen-bond donors (Lipinski definition) is 0. The standard InChI is InChI=1S/C26H28FN5O3S2/c1-17-20(15-22-25(34)32(26(36)37-22)9-4-14-35-3)23(29(2)24(33)21(17)16-28)31-12-10-30(11-13-31)19-7-5-18(27)6-8-19/h5-8,15H,4,9-14H2,1-3H3. The SMILES string of the molecule is COCCCN1C(=O)C(=Cc2c(C)c(C#N)c(=O)n(C)c2N2CCN(c3ccc(F)cc3)CC2)SC1=S. The second-order valence-electron chi connectivity index (χ2n) is 8.84. The first-order valence-electron chi connectivity index (χ1n) is 11.9. The maximum Gasteiger partial charge on any atom is 0.270 e. The van der Waals surface area contributed by atoms with E-state index in [0.717, 1.165) is 5.69 Å². The van der Waals surface area contributed by atoms with Crippen LogP contribution < -0.4 is 15.4 Å². The predicted molar refractivity (Wildman–Crippen MR) is 148 cm³/mol. The molecule has 0 unspecified atom stereocenters. The van der Waals surface area contributed by atoms with Crippen molar-refractivity contribution < 1.29 is 13.9 Å². The van der Waals surface area contributed by atoms with Gasteiger partial charge in [0.2, 0.25) is 0 Å². The van der Waals surface area contributed by atoms with Crippen LogP contribution >= 0.6 is 24.0 Å². The number of hydrogen-bond acceptors (Lipinski definition) is 8. The molecular formula is C26H28FN5O3S2. The zero-order chi connectivity index (χ0) is 26.7. The summed E-state index contributed by atoms with van der Waals surface area (Å²) in [6.45, 7) is 5.27. The van der Waals surface area contributed by atoms with Gasteiger partial charge in [-0.15, -0.1) is 0 Å². The van der Waals surface area contributed by atoms with Crippen LogP contribution in [0.5, 0.6) is 0 Å². The molecule has 2 saturated heterocycles. The number of benzene rings is 1. The number of rotatable bonds is 7. The minimum absolute atomic E-state index is 0.0537. The average molecular weight is 542 g/mol. The second kappa shape index (κ2) is 11.5. The zero-order valence-corrected chi connectivity index (χ0v) is 22.6. The number of nitrogens with zero attached hydrogens (tertiary/aromatic N) is 5. The molecule has 2 aliphatic rings. The molecule has 2 aliphatic heterocycles. The molecule has 0 saturated carbocycles. The molecule has 0 atom stereocenters. The molecular weight excluding hydrogens is 513 g/mol.